The number of rotatable bonds is 4. The van der Waals surface area contributed by atoms with Crippen molar-refractivity contribution in [3.63, 3.8) is 0 Å². The SMILES string of the molecule is Cc1nn(C)c(Oc2cccnc2)c1CNC(C)(C)C. The van der Waals surface area contributed by atoms with Gasteiger partial charge in [-0.05, 0) is 39.8 Å². The first-order chi connectivity index (χ1) is 9.37. The molecule has 0 unspecified atom stereocenters. The van der Waals surface area contributed by atoms with E-state index in [1.54, 1.807) is 17.1 Å². The van der Waals surface area contributed by atoms with Crippen LogP contribution in [0.5, 0.6) is 11.6 Å². The summed E-state index contributed by atoms with van der Waals surface area (Å²) in [5, 5.41) is 7.91. The molecule has 0 bridgehead atoms. The molecule has 0 saturated carbocycles. The maximum atomic E-state index is 5.92. The predicted molar refractivity (Wildman–Crippen MR) is 78.8 cm³/mol. The molecule has 0 saturated heterocycles. The molecule has 0 aromatic carbocycles. The second-order valence-electron chi connectivity index (χ2n) is 5.89. The van der Waals surface area contributed by atoms with Gasteiger partial charge in [-0.15, -0.1) is 0 Å². The lowest BCUT2D eigenvalue weighted by molar-refractivity contribution is 0.401. The summed E-state index contributed by atoms with van der Waals surface area (Å²) in [5.41, 5.74) is 2.10. The zero-order chi connectivity index (χ0) is 14.8. The van der Waals surface area contributed by atoms with Crippen LogP contribution in [-0.2, 0) is 13.6 Å². The van der Waals surface area contributed by atoms with E-state index in [-0.39, 0.29) is 5.54 Å². The van der Waals surface area contributed by atoms with E-state index in [0.29, 0.717) is 5.75 Å². The van der Waals surface area contributed by atoms with Gasteiger partial charge >= 0.3 is 0 Å². The van der Waals surface area contributed by atoms with Crippen LogP contribution in [0, 0.1) is 6.92 Å². The minimum atomic E-state index is 0.0495. The molecular formula is C15H22N4O. The minimum Gasteiger partial charge on any atom is -0.437 e. The molecule has 2 heterocycles. The van der Waals surface area contributed by atoms with E-state index in [2.05, 4.69) is 36.2 Å². The Balaban J connectivity index is 2.24. The fourth-order valence-corrected chi connectivity index (χ4v) is 1.88. The van der Waals surface area contributed by atoms with E-state index in [4.69, 9.17) is 4.74 Å². The lowest BCUT2D eigenvalue weighted by atomic mass is 10.1. The molecule has 0 atom stereocenters. The van der Waals surface area contributed by atoms with Gasteiger partial charge < -0.3 is 10.1 Å². The quantitative estimate of drug-likeness (QED) is 0.931. The van der Waals surface area contributed by atoms with Gasteiger partial charge in [0.2, 0.25) is 5.88 Å². The van der Waals surface area contributed by atoms with Crippen LogP contribution in [0.15, 0.2) is 24.5 Å². The van der Waals surface area contributed by atoms with Crippen molar-refractivity contribution in [1.82, 2.24) is 20.1 Å². The molecule has 0 spiro atoms. The van der Waals surface area contributed by atoms with Gasteiger partial charge in [-0.25, -0.2) is 4.68 Å². The fraction of sp³-hybridized carbons (Fsp3) is 0.467. The smallest absolute Gasteiger partial charge is 0.222 e. The van der Waals surface area contributed by atoms with Crippen molar-refractivity contribution in [2.75, 3.05) is 0 Å². The average molecular weight is 274 g/mol. The first-order valence-corrected chi connectivity index (χ1v) is 6.72. The van der Waals surface area contributed by atoms with Crippen LogP contribution in [-0.4, -0.2) is 20.3 Å². The Morgan fingerprint density at radius 2 is 2.10 bits per heavy atom. The number of aromatic nitrogens is 3. The molecule has 1 N–H and O–H groups in total. The average Bonchev–Trinajstić information content (AvgIpc) is 2.62. The van der Waals surface area contributed by atoms with Crippen molar-refractivity contribution < 1.29 is 4.74 Å². The molecule has 0 aliphatic carbocycles. The molecule has 2 aromatic heterocycles. The summed E-state index contributed by atoms with van der Waals surface area (Å²) in [6, 6.07) is 3.74. The molecule has 20 heavy (non-hydrogen) atoms. The van der Waals surface area contributed by atoms with Gasteiger partial charge in [0.1, 0.15) is 5.75 Å². The largest absolute Gasteiger partial charge is 0.437 e. The molecule has 2 rings (SSSR count). The molecule has 0 fully saturated rings. The van der Waals surface area contributed by atoms with Crippen molar-refractivity contribution in [2.45, 2.75) is 39.8 Å². The van der Waals surface area contributed by atoms with Crippen LogP contribution in [0.2, 0.25) is 0 Å². The van der Waals surface area contributed by atoms with Gasteiger partial charge in [-0.2, -0.15) is 5.10 Å². The molecule has 5 heteroatoms. The number of hydrogen-bond acceptors (Lipinski definition) is 4. The van der Waals surface area contributed by atoms with Crippen molar-refractivity contribution in [1.29, 1.82) is 0 Å². The topological polar surface area (TPSA) is 52.0 Å². The molecule has 108 valence electrons. The van der Waals surface area contributed by atoms with E-state index in [0.717, 1.165) is 23.7 Å². The number of nitrogens with zero attached hydrogens (tertiary/aromatic N) is 3. The maximum absolute atomic E-state index is 5.92. The van der Waals surface area contributed by atoms with Crippen LogP contribution < -0.4 is 10.1 Å². The standard InChI is InChI=1S/C15H22N4O/c1-11-13(10-17-15(2,3)4)14(19(5)18-11)20-12-7-6-8-16-9-12/h6-9,17H,10H2,1-5H3. The number of aryl methyl sites for hydroxylation is 2. The lowest BCUT2D eigenvalue weighted by Crippen LogP contribution is -2.35. The van der Waals surface area contributed by atoms with Gasteiger partial charge in [0.25, 0.3) is 0 Å². The molecule has 0 radical (unpaired) electrons. The van der Waals surface area contributed by atoms with Gasteiger partial charge in [-0.3, -0.25) is 4.98 Å². The maximum Gasteiger partial charge on any atom is 0.222 e. The normalized spacial score (nSPS) is 11.7. The summed E-state index contributed by atoms with van der Waals surface area (Å²) < 4.78 is 7.69. The van der Waals surface area contributed by atoms with E-state index >= 15 is 0 Å². The molecule has 0 aliphatic rings. The second-order valence-corrected chi connectivity index (χ2v) is 5.89. The third-order valence-corrected chi connectivity index (χ3v) is 2.93. The lowest BCUT2D eigenvalue weighted by Gasteiger charge is -2.20. The highest BCUT2D eigenvalue weighted by Gasteiger charge is 2.18. The number of ether oxygens (including phenoxy) is 1. The van der Waals surface area contributed by atoms with Gasteiger partial charge in [0.15, 0.2) is 0 Å². The van der Waals surface area contributed by atoms with Crippen molar-refractivity contribution >= 4 is 0 Å². The van der Waals surface area contributed by atoms with Gasteiger partial charge in [0, 0.05) is 25.3 Å². The van der Waals surface area contributed by atoms with Crippen molar-refractivity contribution in [2.24, 2.45) is 7.05 Å². The third kappa shape index (κ3) is 3.57. The van der Waals surface area contributed by atoms with Crippen LogP contribution >= 0.6 is 0 Å². The summed E-state index contributed by atoms with van der Waals surface area (Å²) in [6.45, 7) is 9.13. The van der Waals surface area contributed by atoms with Crippen LogP contribution in [0.1, 0.15) is 32.0 Å². The summed E-state index contributed by atoms with van der Waals surface area (Å²) in [4.78, 5) is 4.06. The van der Waals surface area contributed by atoms with E-state index in [9.17, 15) is 0 Å². The zero-order valence-electron chi connectivity index (χ0n) is 12.8. The first-order valence-electron chi connectivity index (χ1n) is 6.72. The van der Waals surface area contributed by atoms with E-state index < -0.39 is 0 Å². The molecular weight excluding hydrogens is 252 g/mol. The van der Waals surface area contributed by atoms with Crippen LogP contribution in [0.25, 0.3) is 0 Å². The highest BCUT2D eigenvalue weighted by atomic mass is 16.5. The number of pyridine rings is 1. The highest BCUT2D eigenvalue weighted by Crippen LogP contribution is 2.26. The number of nitrogens with one attached hydrogen (secondary N) is 1. The number of hydrogen-bond donors (Lipinski definition) is 1. The van der Waals surface area contributed by atoms with E-state index in [1.165, 1.54) is 0 Å². The Hall–Kier alpha value is -1.88. The predicted octanol–water partition coefficient (Wildman–Crippen LogP) is 2.80. The van der Waals surface area contributed by atoms with Crippen molar-refractivity contribution in [3.05, 3.63) is 35.8 Å². The Labute approximate surface area is 120 Å². The summed E-state index contributed by atoms with van der Waals surface area (Å²) in [6.07, 6.45) is 3.42. The summed E-state index contributed by atoms with van der Waals surface area (Å²) >= 11 is 0. The van der Waals surface area contributed by atoms with Crippen molar-refractivity contribution in [3.8, 4) is 11.6 Å². The Bertz CT molecular complexity index is 570. The summed E-state index contributed by atoms with van der Waals surface area (Å²) in [7, 11) is 1.89. The second kappa shape index (κ2) is 5.63. The van der Waals surface area contributed by atoms with Gasteiger partial charge in [0.05, 0.1) is 17.5 Å². The van der Waals surface area contributed by atoms with Crippen LogP contribution in [0.4, 0.5) is 0 Å². The summed E-state index contributed by atoms with van der Waals surface area (Å²) in [5.74, 6) is 1.47. The van der Waals surface area contributed by atoms with Gasteiger partial charge in [-0.1, -0.05) is 0 Å². The molecule has 0 amide bonds. The molecule has 5 nitrogen and oxygen atoms in total. The monoisotopic (exact) mass is 274 g/mol. The Morgan fingerprint density at radius 1 is 1.35 bits per heavy atom. The highest BCUT2D eigenvalue weighted by molar-refractivity contribution is 5.34. The minimum absolute atomic E-state index is 0.0495. The third-order valence-electron chi connectivity index (χ3n) is 2.93. The van der Waals surface area contributed by atoms with Crippen LogP contribution in [0.3, 0.4) is 0 Å². The van der Waals surface area contributed by atoms with E-state index in [1.807, 2.05) is 26.1 Å². The molecule has 2 aromatic rings. The zero-order valence-corrected chi connectivity index (χ0v) is 12.8. The molecule has 0 aliphatic heterocycles. The first kappa shape index (κ1) is 14.5. The Morgan fingerprint density at radius 3 is 2.70 bits per heavy atom. The Kier molecular flexibility index (Phi) is 4.09. The fourth-order valence-electron chi connectivity index (χ4n) is 1.88.